The van der Waals surface area contributed by atoms with Gasteiger partial charge in [-0.1, -0.05) is 30.3 Å². The summed E-state index contributed by atoms with van der Waals surface area (Å²) in [5.74, 6) is -0.554. The van der Waals surface area contributed by atoms with Gasteiger partial charge in [0.05, 0.1) is 34.9 Å². The first-order chi connectivity index (χ1) is 15.9. The SMILES string of the molecule is CN(Cc1cc(C(F)(F)F)cc(C(F)(F)F)c1)C(=O)c1cnc(CC#N)nc1-c1ccccc1. The van der Waals surface area contributed by atoms with E-state index in [0.717, 1.165) is 4.90 Å². The molecule has 0 bridgehead atoms. The van der Waals surface area contributed by atoms with Crippen molar-refractivity contribution < 1.29 is 31.1 Å². The van der Waals surface area contributed by atoms with Gasteiger partial charge in [0.1, 0.15) is 5.82 Å². The molecule has 0 aliphatic heterocycles. The summed E-state index contributed by atoms with van der Waals surface area (Å²) in [5, 5.41) is 8.91. The van der Waals surface area contributed by atoms with Gasteiger partial charge in [-0.3, -0.25) is 4.79 Å². The molecule has 0 fully saturated rings. The maximum atomic E-state index is 13.2. The number of aromatic nitrogens is 2. The van der Waals surface area contributed by atoms with Crippen molar-refractivity contribution in [1.29, 1.82) is 5.26 Å². The van der Waals surface area contributed by atoms with Crippen molar-refractivity contribution in [3.63, 3.8) is 0 Å². The standard InChI is InChI=1S/C23H16F6N4O/c1-33(13-14-9-16(22(24,25)26)11-17(10-14)23(27,28)29)21(34)18-12-31-19(7-8-30)32-20(18)15-5-3-2-4-6-15/h2-6,9-12H,7,13H2,1H3. The molecule has 1 heterocycles. The average molecular weight is 478 g/mol. The molecule has 0 unspecified atom stereocenters. The third kappa shape index (κ3) is 5.70. The predicted molar refractivity (Wildman–Crippen MR) is 109 cm³/mol. The third-order valence-electron chi connectivity index (χ3n) is 4.77. The lowest BCUT2D eigenvalue weighted by Crippen LogP contribution is -2.28. The van der Waals surface area contributed by atoms with Gasteiger partial charge in [-0.2, -0.15) is 31.6 Å². The number of halogens is 6. The van der Waals surface area contributed by atoms with Crippen molar-refractivity contribution in [1.82, 2.24) is 14.9 Å². The highest BCUT2D eigenvalue weighted by molar-refractivity contribution is 5.99. The smallest absolute Gasteiger partial charge is 0.337 e. The summed E-state index contributed by atoms with van der Waals surface area (Å²) in [7, 11) is 1.24. The fourth-order valence-electron chi connectivity index (χ4n) is 3.21. The van der Waals surface area contributed by atoms with E-state index in [2.05, 4.69) is 9.97 Å². The van der Waals surface area contributed by atoms with Crippen molar-refractivity contribution in [2.45, 2.75) is 25.3 Å². The van der Waals surface area contributed by atoms with E-state index in [9.17, 15) is 31.1 Å². The Morgan fingerprint density at radius 3 is 2.12 bits per heavy atom. The highest BCUT2D eigenvalue weighted by Gasteiger charge is 2.37. The molecule has 5 nitrogen and oxygen atoms in total. The van der Waals surface area contributed by atoms with Gasteiger partial charge >= 0.3 is 12.4 Å². The lowest BCUT2D eigenvalue weighted by molar-refractivity contribution is -0.143. The van der Waals surface area contributed by atoms with E-state index in [0.29, 0.717) is 17.7 Å². The number of hydrogen-bond acceptors (Lipinski definition) is 4. The molecule has 0 N–H and O–H groups in total. The van der Waals surface area contributed by atoms with Crippen LogP contribution in [-0.4, -0.2) is 27.8 Å². The summed E-state index contributed by atoms with van der Waals surface area (Å²) in [6.45, 7) is -0.528. The molecule has 1 amide bonds. The molecule has 1 aromatic heterocycles. The number of hydrogen-bond donors (Lipinski definition) is 0. The minimum atomic E-state index is -5.00. The van der Waals surface area contributed by atoms with E-state index in [1.807, 2.05) is 6.07 Å². The molecule has 0 spiro atoms. The van der Waals surface area contributed by atoms with Gasteiger partial charge in [-0.25, -0.2) is 9.97 Å². The van der Waals surface area contributed by atoms with Crippen molar-refractivity contribution in [3.05, 3.63) is 82.8 Å². The Morgan fingerprint density at radius 1 is 1.00 bits per heavy atom. The zero-order valence-electron chi connectivity index (χ0n) is 17.6. The summed E-state index contributed by atoms with van der Waals surface area (Å²) in [4.78, 5) is 22.3. The quantitative estimate of drug-likeness (QED) is 0.453. The lowest BCUT2D eigenvalue weighted by Gasteiger charge is -2.21. The second-order valence-electron chi connectivity index (χ2n) is 7.32. The monoisotopic (exact) mass is 478 g/mol. The molecule has 0 aliphatic carbocycles. The number of rotatable bonds is 5. The molecule has 0 radical (unpaired) electrons. The molecule has 0 atom stereocenters. The predicted octanol–water partition coefficient (Wildman–Crippen LogP) is 5.52. The molecule has 3 aromatic rings. The highest BCUT2D eigenvalue weighted by atomic mass is 19.4. The minimum Gasteiger partial charge on any atom is -0.337 e. The summed E-state index contributed by atoms with van der Waals surface area (Å²) in [6, 6.07) is 11.5. The van der Waals surface area contributed by atoms with Crippen LogP contribution in [0.15, 0.2) is 54.7 Å². The number of alkyl halides is 6. The first-order valence-electron chi connectivity index (χ1n) is 9.72. The van der Waals surface area contributed by atoms with Crippen LogP contribution in [0.3, 0.4) is 0 Å². The van der Waals surface area contributed by atoms with Crippen LogP contribution in [-0.2, 0) is 25.3 Å². The Morgan fingerprint density at radius 2 is 1.59 bits per heavy atom. The summed E-state index contributed by atoms with van der Waals surface area (Å²) in [6.07, 6.45) is -8.92. The van der Waals surface area contributed by atoms with Gasteiger partial charge in [-0.05, 0) is 23.8 Å². The van der Waals surface area contributed by atoms with Gasteiger partial charge in [-0.15, -0.1) is 0 Å². The van der Waals surface area contributed by atoms with Crippen molar-refractivity contribution in [2.24, 2.45) is 0 Å². The number of nitrogens with zero attached hydrogens (tertiary/aromatic N) is 4. The maximum Gasteiger partial charge on any atom is 0.416 e. The van der Waals surface area contributed by atoms with Crippen LogP contribution < -0.4 is 0 Å². The highest BCUT2D eigenvalue weighted by Crippen LogP contribution is 2.36. The fourth-order valence-corrected chi connectivity index (χ4v) is 3.21. The lowest BCUT2D eigenvalue weighted by atomic mass is 10.0. The number of nitriles is 1. The minimum absolute atomic E-state index is 0.0154. The van der Waals surface area contributed by atoms with Gasteiger partial charge in [0, 0.05) is 25.4 Å². The van der Waals surface area contributed by atoms with Gasteiger partial charge in [0.2, 0.25) is 0 Å². The molecular formula is C23H16F6N4O. The largest absolute Gasteiger partial charge is 0.416 e. The molecule has 0 saturated heterocycles. The zero-order valence-corrected chi connectivity index (χ0v) is 17.6. The van der Waals surface area contributed by atoms with Crippen LogP contribution in [0.5, 0.6) is 0 Å². The van der Waals surface area contributed by atoms with Gasteiger partial charge in [0.25, 0.3) is 5.91 Å². The molecule has 0 saturated carbocycles. The first kappa shape index (κ1) is 24.7. The van der Waals surface area contributed by atoms with Crippen LogP contribution in [0.2, 0.25) is 0 Å². The van der Waals surface area contributed by atoms with E-state index < -0.39 is 35.9 Å². The van der Waals surface area contributed by atoms with Crippen molar-refractivity contribution >= 4 is 5.91 Å². The van der Waals surface area contributed by atoms with Crippen molar-refractivity contribution in [2.75, 3.05) is 7.05 Å². The second-order valence-corrected chi connectivity index (χ2v) is 7.32. The normalized spacial score (nSPS) is 11.7. The van der Waals surface area contributed by atoms with E-state index in [-0.39, 0.29) is 35.1 Å². The molecule has 0 aliphatic rings. The number of carbonyl (C=O) groups excluding carboxylic acids is 1. The van der Waals surface area contributed by atoms with Gasteiger partial charge < -0.3 is 4.90 Å². The van der Waals surface area contributed by atoms with Crippen LogP contribution in [0.1, 0.15) is 32.9 Å². The number of amides is 1. The Labute approximate surface area is 190 Å². The number of benzene rings is 2. The Balaban J connectivity index is 1.99. The molecule has 176 valence electrons. The van der Waals surface area contributed by atoms with Crippen LogP contribution in [0.4, 0.5) is 26.3 Å². The molecule has 2 aromatic carbocycles. The van der Waals surface area contributed by atoms with Crippen LogP contribution in [0.25, 0.3) is 11.3 Å². The Bertz CT molecular complexity index is 1200. The van der Waals surface area contributed by atoms with E-state index >= 15 is 0 Å². The molecule has 3 rings (SSSR count). The Hall–Kier alpha value is -3.94. The third-order valence-corrected chi connectivity index (χ3v) is 4.77. The maximum absolute atomic E-state index is 13.2. The molecule has 11 heteroatoms. The van der Waals surface area contributed by atoms with Crippen LogP contribution in [0, 0.1) is 11.3 Å². The van der Waals surface area contributed by atoms with E-state index in [1.54, 1.807) is 30.3 Å². The first-order valence-corrected chi connectivity index (χ1v) is 9.72. The average Bonchev–Trinajstić information content (AvgIpc) is 2.78. The topological polar surface area (TPSA) is 69.9 Å². The van der Waals surface area contributed by atoms with Crippen molar-refractivity contribution in [3.8, 4) is 17.3 Å². The van der Waals surface area contributed by atoms with Gasteiger partial charge in [0.15, 0.2) is 0 Å². The zero-order chi connectivity index (χ0) is 25.1. The molecular weight excluding hydrogens is 462 g/mol. The molecule has 34 heavy (non-hydrogen) atoms. The summed E-state index contributed by atoms with van der Waals surface area (Å²) in [5.41, 5.74) is -2.57. The summed E-state index contributed by atoms with van der Waals surface area (Å²) >= 11 is 0. The van der Waals surface area contributed by atoms with Crippen LogP contribution >= 0.6 is 0 Å². The Kier molecular flexibility index (Phi) is 6.91. The second kappa shape index (κ2) is 9.51. The summed E-state index contributed by atoms with van der Waals surface area (Å²) < 4.78 is 78.9. The number of carbonyl (C=O) groups is 1. The van der Waals surface area contributed by atoms with E-state index in [4.69, 9.17) is 5.26 Å². The fraction of sp³-hybridized carbons (Fsp3) is 0.217. The van der Waals surface area contributed by atoms with E-state index in [1.165, 1.54) is 13.2 Å².